The van der Waals surface area contributed by atoms with E-state index in [1.807, 2.05) is 59.5 Å². The van der Waals surface area contributed by atoms with Crippen LogP contribution in [0.5, 0.6) is 0 Å². The second-order valence-electron chi connectivity index (χ2n) is 7.34. The van der Waals surface area contributed by atoms with Gasteiger partial charge in [-0.1, -0.05) is 77.7 Å². The van der Waals surface area contributed by atoms with Crippen molar-refractivity contribution in [3.05, 3.63) is 70.2 Å². The van der Waals surface area contributed by atoms with Crippen LogP contribution in [0.1, 0.15) is 55.3 Å². The summed E-state index contributed by atoms with van der Waals surface area (Å²) in [5.41, 5.74) is 1.70. The zero-order chi connectivity index (χ0) is 18.8. The summed E-state index contributed by atoms with van der Waals surface area (Å²) in [6.45, 7) is 0. The first-order chi connectivity index (χ1) is 13.1. The SMILES string of the molecule is O=C1NC(c2ccccc2)C(=O)N(C2CCCCC2)C1c1ccc(Br)cc1. The lowest BCUT2D eigenvalue weighted by molar-refractivity contribution is -0.153. The molecule has 1 aliphatic carbocycles. The monoisotopic (exact) mass is 426 g/mol. The molecule has 2 aromatic carbocycles. The molecule has 5 heteroatoms. The molecule has 2 atom stereocenters. The summed E-state index contributed by atoms with van der Waals surface area (Å²) in [4.78, 5) is 28.5. The van der Waals surface area contributed by atoms with Gasteiger partial charge in [-0.15, -0.1) is 0 Å². The van der Waals surface area contributed by atoms with E-state index in [4.69, 9.17) is 0 Å². The van der Waals surface area contributed by atoms with E-state index in [-0.39, 0.29) is 17.9 Å². The van der Waals surface area contributed by atoms with E-state index < -0.39 is 12.1 Å². The molecule has 2 amide bonds. The number of piperazine rings is 1. The Labute approximate surface area is 168 Å². The van der Waals surface area contributed by atoms with E-state index in [0.717, 1.165) is 41.3 Å². The Bertz CT molecular complexity index is 816. The maximum atomic E-state index is 13.5. The Balaban J connectivity index is 1.73. The summed E-state index contributed by atoms with van der Waals surface area (Å²) >= 11 is 3.45. The molecule has 0 aromatic heterocycles. The number of benzene rings is 2. The summed E-state index contributed by atoms with van der Waals surface area (Å²) in [6.07, 6.45) is 5.36. The molecule has 1 saturated heterocycles. The van der Waals surface area contributed by atoms with Gasteiger partial charge in [0.15, 0.2) is 0 Å². The zero-order valence-corrected chi connectivity index (χ0v) is 16.7. The highest BCUT2D eigenvalue weighted by molar-refractivity contribution is 9.10. The van der Waals surface area contributed by atoms with Crippen molar-refractivity contribution in [2.75, 3.05) is 0 Å². The second-order valence-corrected chi connectivity index (χ2v) is 8.26. The van der Waals surface area contributed by atoms with Gasteiger partial charge in [0, 0.05) is 10.5 Å². The van der Waals surface area contributed by atoms with Crippen LogP contribution < -0.4 is 5.32 Å². The highest BCUT2D eigenvalue weighted by Gasteiger charge is 2.45. The Hall–Kier alpha value is -2.14. The number of hydrogen-bond donors (Lipinski definition) is 1. The third-order valence-corrected chi connectivity index (χ3v) is 6.13. The molecule has 140 valence electrons. The molecule has 2 aliphatic rings. The summed E-state index contributed by atoms with van der Waals surface area (Å²) in [7, 11) is 0. The highest BCUT2D eigenvalue weighted by Crippen LogP contribution is 2.36. The van der Waals surface area contributed by atoms with Crippen LogP contribution in [0.2, 0.25) is 0 Å². The van der Waals surface area contributed by atoms with E-state index in [0.29, 0.717) is 0 Å². The average molecular weight is 427 g/mol. The van der Waals surface area contributed by atoms with Crippen LogP contribution in [0.15, 0.2) is 59.1 Å². The predicted octanol–water partition coefficient (Wildman–Crippen LogP) is 4.52. The van der Waals surface area contributed by atoms with E-state index in [1.54, 1.807) is 0 Å². The molecular weight excluding hydrogens is 404 g/mol. The second kappa shape index (κ2) is 7.85. The van der Waals surface area contributed by atoms with Crippen molar-refractivity contribution in [2.45, 2.75) is 50.2 Å². The molecule has 1 heterocycles. The standard InChI is InChI=1S/C22H23BrN2O2/c23-17-13-11-16(12-14-17)20-21(26)24-19(15-7-3-1-4-8-15)22(27)25(20)18-9-5-2-6-10-18/h1,3-4,7-8,11-14,18-20H,2,5-6,9-10H2,(H,24,26). The fraction of sp³-hybridized carbons (Fsp3) is 0.364. The van der Waals surface area contributed by atoms with E-state index in [2.05, 4.69) is 21.2 Å². The van der Waals surface area contributed by atoms with Crippen LogP contribution in [-0.2, 0) is 9.59 Å². The molecule has 4 rings (SSSR count). The Morgan fingerprint density at radius 2 is 1.52 bits per heavy atom. The molecule has 2 unspecified atom stereocenters. The van der Waals surface area contributed by atoms with Crippen LogP contribution in [0.25, 0.3) is 0 Å². The van der Waals surface area contributed by atoms with Crippen LogP contribution in [0.4, 0.5) is 0 Å². The van der Waals surface area contributed by atoms with Gasteiger partial charge in [-0.3, -0.25) is 9.59 Å². The first-order valence-electron chi connectivity index (χ1n) is 9.58. The summed E-state index contributed by atoms with van der Waals surface area (Å²) in [5, 5.41) is 2.97. The summed E-state index contributed by atoms with van der Waals surface area (Å²) < 4.78 is 0.958. The average Bonchev–Trinajstić information content (AvgIpc) is 2.71. The maximum Gasteiger partial charge on any atom is 0.251 e. The minimum absolute atomic E-state index is 0.000573. The maximum absolute atomic E-state index is 13.5. The zero-order valence-electron chi connectivity index (χ0n) is 15.1. The van der Waals surface area contributed by atoms with Gasteiger partial charge < -0.3 is 10.2 Å². The van der Waals surface area contributed by atoms with Gasteiger partial charge >= 0.3 is 0 Å². The molecular formula is C22H23BrN2O2. The molecule has 0 spiro atoms. The molecule has 1 saturated carbocycles. The first-order valence-corrected chi connectivity index (χ1v) is 10.4. The lowest BCUT2D eigenvalue weighted by Gasteiger charge is -2.45. The van der Waals surface area contributed by atoms with Gasteiger partial charge in [0.25, 0.3) is 5.91 Å². The predicted molar refractivity (Wildman–Crippen MR) is 108 cm³/mol. The van der Waals surface area contributed by atoms with Gasteiger partial charge in [0.2, 0.25) is 5.91 Å². The number of carbonyl (C=O) groups excluding carboxylic acids is 2. The molecule has 1 aliphatic heterocycles. The summed E-state index contributed by atoms with van der Waals surface area (Å²) in [5.74, 6) is -0.100. The fourth-order valence-corrected chi connectivity index (χ4v) is 4.53. The van der Waals surface area contributed by atoms with E-state index in [9.17, 15) is 9.59 Å². The highest BCUT2D eigenvalue weighted by atomic mass is 79.9. The lowest BCUT2D eigenvalue weighted by atomic mass is 9.88. The number of halogens is 1. The van der Waals surface area contributed by atoms with Gasteiger partial charge in [0.05, 0.1) is 0 Å². The van der Waals surface area contributed by atoms with Crippen LogP contribution in [0, 0.1) is 0 Å². The topological polar surface area (TPSA) is 49.4 Å². The quantitative estimate of drug-likeness (QED) is 0.783. The van der Waals surface area contributed by atoms with Crippen molar-refractivity contribution in [3.63, 3.8) is 0 Å². The normalized spacial score (nSPS) is 24.0. The number of nitrogens with one attached hydrogen (secondary N) is 1. The van der Waals surface area contributed by atoms with Crippen molar-refractivity contribution in [1.82, 2.24) is 10.2 Å². The largest absolute Gasteiger partial charge is 0.338 e. The van der Waals surface area contributed by atoms with Gasteiger partial charge in [-0.2, -0.15) is 0 Å². The third kappa shape index (κ3) is 3.65. The molecule has 2 aromatic rings. The van der Waals surface area contributed by atoms with Gasteiger partial charge in [-0.05, 0) is 36.1 Å². The van der Waals surface area contributed by atoms with E-state index >= 15 is 0 Å². The number of nitrogens with zero attached hydrogens (tertiary/aromatic N) is 1. The Morgan fingerprint density at radius 3 is 2.19 bits per heavy atom. The van der Waals surface area contributed by atoms with Crippen molar-refractivity contribution >= 4 is 27.7 Å². The Kier molecular flexibility index (Phi) is 5.30. The smallest absolute Gasteiger partial charge is 0.251 e. The van der Waals surface area contributed by atoms with E-state index in [1.165, 1.54) is 6.42 Å². The minimum Gasteiger partial charge on any atom is -0.338 e. The Morgan fingerprint density at radius 1 is 0.852 bits per heavy atom. The molecule has 27 heavy (non-hydrogen) atoms. The molecule has 2 fully saturated rings. The molecule has 1 N–H and O–H groups in total. The van der Waals surface area contributed by atoms with Crippen molar-refractivity contribution in [1.29, 1.82) is 0 Å². The first kappa shape index (κ1) is 18.2. The summed E-state index contributed by atoms with van der Waals surface area (Å²) in [6, 6.07) is 16.2. The van der Waals surface area contributed by atoms with Gasteiger partial charge in [-0.25, -0.2) is 0 Å². The van der Waals surface area contributed by atoms with Crippen molar-refractivity contribution in [2.24, 2.45) is 0 Å². The number of amides is 2. The fourth-order valence-electron chi connectivity index (χ4n) is 4.26. The number of rotatable bonds is 3. The number of hydrogen-bond acceptors (Lipinski definition) is 2. The van der Waals surface area contributed by atoms with Crippen LogP contribution in [-0.4, -0.2) is 22.8 Å². The number of carbonyl (C=O) groups is 2. The molecule has 4 nitrogen and oxygen atoms in total. The molecule has 0 radical (unpaired) electrons. The van der Waals surface area contributed by atoms with Crippen LogP contribution in [0.3, 0.4) is 0 Å². The lowest BCUT2D eigenvalue weighted by Crippen LogP contribution is -2.58. The van der Waals surface area contributed by atoms with Crippen LogP contribution >= 0.6 is 15.9 Å². The minimum atomic E-state index is -0.604. The van der Waals surface area contributed by atoms with Crippen molar-refractivity contribution in [3.8, 4) is 0 Å². The van der Waals surface area contributed by atoms with Gasteiger partial charge in [0.1, 0.15) is 12.1 Å². The van der Waals surface area contributed by atoms with Crippen molar-refractivity contribution < 1.29 is 9.59 Å². The molecule has 0 bridgehead atoms. The third-order valence-electron chi connectivity index (χ3n) is 5.60.